The van der Waals surface area contributed by atoms with E-state index in [-0.39, 0.29) is 6.54 Å². The van der Waals surface area contributed by atoms with Gasteiger partial charge in [0.15, 0.2) is 0 Å². The lowest BCUT2D eigenvalue weighted by molar-refractivity contribution is -0.213. The molecular formula is C7H17N3O3. The van der Waals surface area contributed by atoms with E-state index in [9.17, 15) is 10.2 Å². The molecule has 0 amide bonds. The maximum absolute atomic E-state index is 9.49. The fourth-order valence-corrected chi connectivity index (χ4v) is 1.43. The Bertz CT molecular complexity index is 186. The number of aliphatic hydroxyl groups excluding tert-OH is 2. The van der Waals surface area contributed by atoms with Crippen LogP contribution in [-0.2, 0) is 4.74 Å². The van der Waals surface area contributed by atoms with E-state index in [4.69, 9.17) is 21.9 Å². The monoisotopic (exact) mass is 191 g/mol. The van der Waals surface area contributed by atoms with E-state index >= 15 is 0 Å². The van der Waals surface area contributed by atoms with E-state index < -0.39 is 30.1 Å². The van der Waals surface area contributed by atoms with Gasteiger partial charge >= 0.3 is 0 Å². The van der Waals surface area contributed by atoms with Crippen LogP contribution in [-0.4, -0.2) is 46.8 Å². The standard InChI is InChI=1S/C7H17N3O3/c1-7(10)6(9)5(12)4(11)3(2-8)13-7/h3-6,11-12H,2,8-10H2,1H3/t3?,4-,5?,6+,7-/m1/s1. The van der Waals surface area contributed by atoms with Gasteiger partial charge in [0, 0.05) is 6.54 Å². The van der Waals surface area contributed by atoms with Crippen molar-refractivity contribution in [1.82, 2.24) is 0 Å². The molecule has 1 rings (SSSR count). The smallest absolute Gasteiger partial charge is 0.132 e. The maximum atomic E-state index is 9.49. The summed E-state index contributed by atoms with van der Waals surface area (Å²) in [6.07, 6.45) is -2.83. The number of ether oxygens (including phenoxy) is 1. The van der Waals surface area contributed by atoms with Crippen molar-refractivity contribution >= 4 is 0 Å². The van der Waals surface area contributed by atoms with Crippen molar-refractivity contribution < 1.29 is 14.9 Å². The van der Waals surface area contributed by atoms with Crippen molar-refractivity contribution in [2.75, 3.05) is 6.54 Å². The predicted molar refractivity (Wildman–Crippen MR) is 46.5 cm³/mol. The van der Waals surface area contributed by atoms with Crippen LogP contribution in [0.2, 0.25) is 0 Å². The highest BCUT2D eigenvalue weighted by Gasteiger charge is 2.46. The summed E-state index contributed by atoms with van der Waals surface area (Å²) in [6, 6.07) is -0.815. The zero-order valence-electron chi connectivity index (χ0n) is 7.55. The van der Waals surface area contributed by atoms with Gasteiger partial charge in [0.05, 0.1) is 6.04 Å². The summed E-state index contributed by atoms with van der Waals surface area (Å²) in [5.41, 5.74) is 15.4. The summed E-state index contributed by atoms with van der Waals surface area (Å²) in [5.74, 6) is 0. The first-order valence-electron chi connectivity index (χ1n) is 4.18. The van der Waals surface area contributed by atoms with Gasteiger partial charge in [-0.3, -0.25) is 0 Å². The molecule has 8 N–H and O–H groups in total. The van der Waals surface area contributed by atoms with Gasteiger partial charge in [0.1, 0.15) is 24.0 Å². The third-order valence-corrected chi connectivity index (χ3v) is 2.40. The minimum atomic E-state index is -1.15. The van der Waals surface area contributed by atoms with Crippen molar-refractivity contribution in [3.05, 3.63) is 0 Å². The van der Waals surface area contributed by atoms with Gasteiger partial charge < -0.3 is 32.2 Å². The Morgan fingerprint density at radius 1 is 1.38 bits per heavy atom. The van der Waals surface area contributed by atoms with Crippen molar-refractivity contribution in [2.24, 2.45) is 17.2 Å². The van der Waals surface area contributed by atoms with Gasteiger partial charge in [-0.1, -0.05) is 0 Å². The second-order valence-corrected chi connectivity index (χ2v) is 3.58. The molecule has 0 aliphatic carbocycles. The topological polar surface area (TPSA) is 128 Å². The molecule has 2 unspecified atom stereocenters. The molecule has 78 valence electrons. The van der Waals surface area contributed by atoms with Crippen LogP contribution >= 0.6 is 0 Å². The molecule has 1 aliphatic rings. The molecule has 0 radical (unpaired) electrons. The lowest BCUT2D eigenvalue weighted by atomic mass is 9.90. The quantitative estimate of drug-likeness (QED) is 0.302. The van der Waals surface area contributed by atoms with E-state index in [1.54, 1.807) is 6.92 Å². The van der Waals surface area contributed by atoms with E-state index in [0.29, 0.717) is 0 Å². The minimum absolute atomic E-state index is 0.0950. The Kier molecular flexibility index (Phi) is 2.91. The Labute approximate surface area is 76.6 Å². The number of nitrogens with two attached hydrogens (primary N) is 3. The zero-order chi connectivity index (χ0) is 10.2. The predicted octanol–water partition coefficient (Wildman–Crippen LogP) is -2.93. The van der Waals surface area contributed by atoms with Crippen LogP contribution in [0.25, 0.3) is 0 Å². The van der Waals surface area contributed by atoms with Gasteiger partial charge in [0.2, 0.25) is 0 Å². The second-order valence-electron chi connectivity index (χ2n) is 3.58. The highest BCUT2D eigenvalue weighted by Crippen LogP contribution is 2.23. The average molecular weight is 191 g/mol. The molecule has 1 fully saturated rings. The van der Waals surface area contributed by atoms with Crippen LogP contribution < -0.4 is 17.2 Å². The van der Waals surface area contributed by atoms with E-state index in [1.807, 2.05) is 0 Å². The highest BCUT2D eigenvalue weighted by atomic mass is 16.5. The van der Waals surface area contributed by atoms with Crippen molar-refractivity contribution in [3.8, 4) is 0 Å². The molecule has 0 spiro atoms. The van der Waals surface area contributed by atoms with E-state index in [0.717, 1.165) is 0 Å². The minimum Gasteiger partial charge on any atom is -0.389 e. The number of aliphatic hydroxyl groups is 2. The molecule has 0 bridgehead atoms. The SMILES string of the molecule is C[C@@]1(N)OC(CN)[C@@H](O)C(O)[C@@H]1N. The maximum Gasteiger partial charge on any atom is 0.132 e. The number of rotatable bonds is 1. The summed E-state index contributed by atoms with van der Waals surface area (Å²) in [7, 11) is 0. The Morgan fingerprint density at radius 2 is 1.92 bits per heavy atom. The third kappa shape index (κ3) is 1.83. The van der Waals surface area contributed by atoms with Crippen molar-refractivity contribution in [2.45, 2.75) is 37.0 Å². The lowest BCUT2D eigenvalue weighted by Crippen LogP contribution is -2.71. The van der Waals surface area contributed by atoms with Crippen LogP contribution in [0, 0.1) is 0 Å². The first-order chi connectivity index (χ1) is 5.90. The molecule has 0 aromatic heterocycles. The Hall–Kier alpha value is -0.240. The normalized spacial score (nSPS) is 52.2. The van der Waals surface area contributed by atoms with Gasteiger partial charge in [-0.05, 0) is 6.92 Å². The molecule has 1 saturated heterocycles. The molecule has 13 heavy (non-hydrogen) atoms. The van der Waals surface area contributed by atoms with Crippen LogP contribution in [0.15, 0.2) is 0 Å². The first-order valence-corrected chi connectivity index (χ1v) is 4.18. The summed E-state index contributed by atoms with van der Waals surface area (Å²) in [5, 5.41) is 18.9. The highest BCUT2D eigenvalue weighted by molar-refractivity contribution is 4.99. The first kappa shape index (κ1) is 10.8. The third-order valence-electron chi connectivity index (χ3n) is 2.40. The number of hydrogen-bond donors (Lipinski definition) is 5. The summed E-state index contributed by atoms with van der Waals surface area (Å²) < 4.78 is 5.24. The van der Waals surface area contributed by atoms with Crippen molar-refractivity contribution in [1.29, 1.82) is 0 Å². The Morgan fingerprint density at radius 3 is 2.38 bits per heavy atom. The van der Waals surface area contributed by atoms with Gasteiger partial charge in [0.25, 0.3) is 0 Å². The van der Waals surface area contributed by atoms with Crippen LogP contribution in [0.1, 0.15) is 6.92 Å². The van der Waals surface area contributed by atoms with Crippen LogP contribution in [0.3, 0.4) is 0 Å². The molecule has 1 aliphatic heterocycles. The van der Waals surface area contributed by atoms with E-state index in [1.165, 1.54) is 0 Å². The molecule has 0 saturated carbocycles. The molecule has 0 aromatic carbocycles. The van der Waals surface area contributed by atoms with Crippen LogP contribution in [0.4, 0.5) is 0 Å². The van der Waals surface area contributed by atoms with Crippen LogP contribution in [0.5, 0.6) is 0 Å². The fourth-order valence-electron chi connectivity index (χ4n) is 1.43. The fraction of sp³-hybridized carbons (Fsp3) is 1.00. The summed E-state index contributed by atoms with van der Waals surface area (Å²) >= 11 is 0. The van der Waals surface area contributed by atoms with Gasteiger partial charge in [-0.15, -0.1) is 0 Å². The number of hydrogen-bond acceptors (Lipinski definition) is 6. The van der Waals surface area contributed by atoms with Crippen molar-refractivity contribution in [3.63, 3.8) is 0 Å². The zero-order valence-corrected chi connectivity index (χ0v) is 7.55. The lowest BCUT2D eigenvalue weighted by Gasteiger charge is -2.45. The van der Waals surface area contributed by atoms with Gasteiger partial charge in [-0.2, -0.15) is 0 Å². The molecule has 6 heteroatoms. The van der Waals surface area contributed by atoms with E-state index in [2.05, 4.69) is 0 Å². The Balaban J connectivity index is 2.79. The largest absolute Gasteiger partial charge is 0.389 e. The molecule has 5 atom stereocenters. The summed E-state index contributed by atoms with van der Waals surface area (Å²) in [6.45, 7) is 1.65. The average Bonchev–Trinajstić information content (AvgIpc) is 2.08. The second kappa shape index (κ2) is 3.49. The molecule has 6 nitrogen and oxygen atoms in total. The molecule has 1 heterocycles. The molecule has 0 aromatic rings. The van der Waals surface area contributed by atoms with Gasteiger partial charge in [-0.25, -0.2) is 0 Å². The summed E-state index contributed by atoms with van der Waals surface area (Å²) in [4.78, 5) is 0. The molecular weight excluding hydrogens is 174 g/mol.